The molecule has 0 atom stereocenters. The summed E-state index contributed by atoms with van der Waals surface area (Å²) in [5.74, 6) is -0.969. The Kier molecular flexibility index (Phi) is 8.65. The normalized spacial score (nSPS) is 20.0. The smallest absolute Gasteiger partial charge is 0.223 e. The predicted octanol–water partition coefficient (Wildman–Crippen LogP) is 2.75. The number of piperidine rings is 1. The molecule has 0 aliphatic carbocycles. The maximum Gasteiger partial charge on any atom is 0.223 e. The Bertz CT molecular complexity index is 787. The van der Waals surface area contributed by atoms with E-state index in [0.29, 0.717) is 32.5 Å². The second kappa shape index (κ2) is 11.2. The number of carbonyl (C=O) groups is 1. The lowest BCUT2D eigenvalue weighted by molar-refractivity contribution is -0.126. The monoisotopic (exact) mass is 439 g/mol. The molecule has 0 unspecified atom stereocenters. The van der Waals surface area contributed by atoms with Crippen LogP contribution in [-0.2, 0) is 20.6 Å². The van der Waals surface area contributed by atoms with E-state index < -0.39 is 15.8 Å². The van der Waals surface area contributed by atoms with Gasteiger partial charge in [0.25, 0.3) is 0 Å². The fourth-order valence-electron chi connectivity index (χ4n) is 4.32. The van der Waals surface area contributed by atoms with Gasteiger partial charge in [-0.2, -0.15) is 0 Å². The van der Waals surface area contributed by atoms with Gasteiger partial charge in [0, 0.05) is 31.1 Å². The van der Waals surface area contributed by atoms with E-state index in [2.05, 4.69) is 10.2 Å². The molecule has 30 heavy (non-hydrogen) atoms. The fraction of sp³-hybridized carbons (Fsp3) is 0.682. The molecule has 0 bridgehead atoms. The number of nitrogens with one attached hydrogen (secondary N) is 1. The summed E-state index contributed by atoms with van der Waals surface area (Å²) in [4.78, 5) is 14.9. The SMILES string of the molecule is O=C(NCCCN1CCCCCC1)C1CCN(S(=O)(=O)Cc2ccccc2F)CC1. The number of sulfonamides is 1. The van der Waals surface area contributed by atoms with Crippen LogP contribution in [0.25, 0.3) is 0 Å². The number of hydrogen-bond acceptors (Lipinski definition) is 4. The van der Waals surface area contributed by atoms with Gasteiger partial charge in [0.05, 0.1) is 5.75 Å². The molecule has 2 fully saturated rings. The topological polar surface area (TPSA) is 69.7 Å². The van der Waals surface area contributed by atoms with Crippen molar-refractivity contribution in [1.29, 1.82) is 0 Å². The van der Waals surface area contributed by atoms with Gasteiger partial charge in [0.2, 0.25) is 15.9 Å². The zero-order chi connectivity index (χ0) is 21.4. The maximum atomic E-state index is 13.8. The van der Waals surface area contributed by atoms with Crippen molar-refractivity contribution in [2.45, 2.75) is 50.7 Å². The van der Waals surface area contributed by atoms with Crippen molar-refractivity contribution in [2.24, 2.45) is 5.92 Å². The van der Waals surface area contributed by atoms with Crippen molar-refractivity contribution in [1.82, 2.24) is 14.5 Å². The van der Waals surface area contributed by atoms with Gasteiger partial charge < -0.3 is 10.2 Å². The van der Waals surface area contributed by atoms with Crippen LogP contribution in [0.2, 0.25) is 0 Å². The van der Waals surface area contributed by atoms with E-state index in [1.807, 2.05) is 0 Å². The van der Waals surface area contributed by atoms with Crippen LogP contribution < -0.4 is 5.32 Å². The van der Waals surface area contributed by atoms with Gasteiger partial charge in [-0.25, -0.2) is 17.1 Å². The zero-order valence-electron chi connectivity index (χ0n) is 17.7. The molecule has 2 saturated heterocycles. The van der Waals surface area contributed by atoms with Crippen LogP contribution >= 0.6 is 0 Å². The van der Waals surface area contributed by atoms with E-state index in [4.69, 9.17) is 0 Å². The molecule has 3 rings (SSSR count). The molecule has 8 heteroatoms. The van der Waals surface area contributed by atoms with Gasteiger partial charge in [0.1, 0.15) is 5.82 Å². The highest BCUT2D eigenvalue weighted by Gasteiger charge is 2.31. The lowest BCUT2D eigenvalue weighted by Crippen LogP contribution is -2.43. The fourth-order valence-corrected chi connectivity index (χ4v) is 5.89. The minimum absolute atomic E-state index is 0.0250. The summed E-state index contributed by atoms with van der Waals surface area (Å²) in [6.45, 7) is 4.63. The molecule has 2 aliphatic heterocycles. The van der Waals surface area contributed by atoms with Gasteiger partial charge in [-0.05, 0) is 57.8 Å². The average molecular weight is 440 g/mol. The van der Waals surface area contributed by atoms with E-state index in [1.165, 1.54) is 42.1 Å². The first-order chi connectivity index (χ1) is 14.5. The van der Waals surface area contributed by atoms with E-state index >= 15 is 0 Å². The summed E-state index contributed by atoms with van der Waals surface area (Å²) in [5.41, 5.74) is 0.182. The van der Waals surface area contributed by atoms with Crippen LogP contribution in [0, 0.1) is 11.7 Å². The Labute approximate surface area is 179 Å². The van der Waals surface area contributed by atoms with E-state index in [-0.39, 0.29) is 23.1 Å². The van der Waals surface area contributed by atoms with Crippen molar-refractivity contribution < 1.29 is 17.6 Å². The quantitative estimate of drug-likeness (QED) is 0.633. The first-order valence-corrected chi connectivity index (χ1v) is 12.8. The number of nitrogens with zero attached hydrogens (tertiary/aromatic N) is 2. The molecule has 2 heterocycles. The predicted molar refractivity (Wildman–Crippen MR) is 116 cm³/mol. The van der Waals surface area contributed by atoms with E-state index in [0.717, 1.165) is 26.1 Å². The Morgan fingerprint density at radius 2 is 1.70 bits per heavy atom. The number of hydrogen-bond donors (Lipinski definition) is 1. The second-order valence-electron chi connectivity index (χ2n) is 8.42. The number of benzene rings is 1. The molecule has 6 nitrogen and oxygen atoms in total. The molecule has 1 amide bonds. The number of carbonyl (C=O) groups excluding carboxylic acids is 1. The van der Waals surface area contributed by atoms with Crippen LogP contribution in [0.5, 0.6) is 0 Å². The van der Waals surface area contributed by atoms with Gasteiger partial charge in [-0.15, -0.1) is 0 Å². The molecular weight excluding hydrogens is 405 g/mol. The average Bonchev–Trinajstić information content (AvgIpc) is 3.01. The molecule has 0 saturated carbocycles. The Morgan fingerprint density at radius 1 is 1.03 bits per heavy atom. The largest absolute Gasteiger partial charge is 0.356 e. The van der Waals surface area contributed by atoms with Crippen LogP contribution in [0.4, 0.5) is 4.39 Å². The minimum atomic E-state index is -3.59. The third-order valence-electron chi connectivity index (χ3n) is 6.16. The summed E-state index contributed by atoms with van der Waals surface area (Å²) in [6.07, 6.45) is 7.14. The third-order valence-corrected chi connectivity index (χ3v) is 7.99. The molecule has 0 radical (unpaired) electrons. The number of halogens is 1. The summed E-state index contributed by atoms with van der Waals surface area (Å²) < 4.78 is 40.4. The van der Waals surface area contributed by atoms with Crippen molar-refractivity contribution >= 4 is 15.9 Å². The van der Waals surface area contributed by atoms with Crippen LogP contribution in [0.1, 0.15) is 50.5 Å². The van der Waals surface area contributed by atoms with E-state index in [9.17, 15) is 17.6 Å². The Balaban J connectivity index is 1.38. The molecule has 2 aliphatic rings. The van der Waals surface area contributed by atoms with Crippen molar-refractivity contribution in [3.63, 3.8) is 0 Å². The summed E-state index contributed by atoms with van der Waals surface area (Å²) in [5, 5.41) is 3.03. The van der Waals surface area contributed by atoms with Crippen LogP contribution in [-0.4, -0.2) is 62.8 Å². The summed E-state index contributed by atoms with van der Waals surface area (Å²) >= 11 is 0. The zero-order valence-corrected chi connectivity index (χ0v) is 18.5. The summed E-state index contributed by atoms with van der Waals surface area (Å²) in [6, 6.07) is 5.95. The van der Waals surface area contributed by atoms with Crippen LogP contribution in [0.3, 0.4) is 0 Å². The molecular formula is C22H34FN3O3S. The molecule has 0 aromatic heterocycles. The van der Waals surface area contributed by atoms with E-state index in [1.54, 1.807) is 12.1 Å². The van der Waals surface area contributed by atoms with Gasteiger partial charge in [0.15, 0.2) is 0 Å². The lowest BCUT2D eigenvalue weighted by atomic mass is 9.97. The number of likely N-dealkylation sites (tertiary alicyclic amines) is 1. The molecule has 1 aromatic carbocycles. The molecule has 1 N–H and O–H groups in total. The van der Waals surface area contributed by atoms with Crippen molar-refractivity contribution in [3.8, 4) is 0 Å². The van der Waals surface area contributed by atoms with Gasteiger partial charge in [-0.1, -0.05) is 31.0 Å². The van der Waals surface area contributed by atoms with Gasteiger partial charge >= 0.3 is 0 Å². The van der Waals surface area contributed by atoms with Crippen LogP contribution in [0.15, 0.2) is 24.3 Å². The number of rotatable bonds is 8. The molecule has 0 spiro atoms. The molecule has 1 aromatic rings. The number of amides is 1. The highest BCUT2D eigenvalue weighted by molar-refractivity contribution is 7.88. The summed E-state index contributed by atoms with van der Waals surface area (Å²) in [7, 11) is -3.59. The maximum absolute atomic E-state index is 13.8. The first kappa shape index (κ1) is 23.2. The Morgan fingerprint density at radius 3 is 2.37 bits per heavy atom. The van der Waals surface area contributed by atoms with Crippen molar-refractivity contribution in [3.05, 3.63) is 35.6 Å². The highest BCUT2D eigenvalue weighted by atomic mass is 32.2. The third kappa shape index (κ3) is 6.75. The lowest BCUT2D eigenvalue weighted by Gasteiger charge is -2.30. The highest BCUT2D eigenvalue weighted by Crippen LogP contribution is 2.22. The van der Waals surface area contributed by atoms with Crippen molar-refractivity contribution in [2.75, 3.05) is 39.3 Å². The second-order valence-corrected chi connectivity index (χ2v) is 10.4. The first-order valence-electron chi connectivity index (χ1n) is 11.2. The minimum Gasteiger partial charge on any atom is -0.356 e. The Hall–Kier alpha value is -1.51. The van der Waals surface area contributed by atoms with Gasteiger partial charge in [-0.3, -0.25) is 4.79 Å². The molecule has 168 valence electrons. The standard InChI is InChI=1S/C22H34FN3O3S/c23-21-9-4-3-8-20(21)18-30(28,29)26-16-10-19(11-17-26)22(27)24-12-7-15-25-13-5-1-2-6-14-25/h3-4,8-9,19H,1-2,5-7,10-18H2,(H,24,27).